The van der Waals surface area contributed by atoms with Crippen LogP contribution in [0.2, 0.25) is 0 Å². The first-order chi connectivity index (χ1) is 9.02. The molecule has 2 atom stereocenters. The minimum Gasteiger partial charge on any atom is -0.477 e. The van der Waals surface area contributed by atoms with Gasteiger partial charge in [0.15, 0.2) is 0 Å². The largest absolute Gasteiger partial charge is 0.477 e. The molecule has 19 heavy (non-hydrogen) atoms. The van der Waals surface area contributed by atoms with E-state index < -0.39 is 23.7 Å². The maximum absolute atomic E-state index is 11.9. The summed E-state index contributed by atoms with van der Waals surface area (Å²) >= 11 is 1.31. The lowest BCUT2D eigenvalue weighted by molar-refractivity contribution is -0.152. The van der Waals surface area contributed by atoms with Gasteiger partial charge in [-0.1, -0.05) is 0 Å². The van der Waals surface area contributed by atoms with E-state index in [-0.39, 0.29) is 28.8 Å². The van der Waals surface area contributed by atoms with Crippen LogP contribution in [0.5, 0.6) is 0 Å². The SMILES string of the molecule is CNC(=O)C1=C(C(=O)O)N2C(=O)C(CC#N)[C@@H]2SC1. The van der Waals surface area contributed by atoms with Gasteiger partial charge in [0.05, 0.1) is 22.9 Å². The van der Waals surface area contributed by atoms with Crippen LogP contribution in [-0.4, -0.2) is 46.0 Å². The summed E-state index contributed by atoms with van der Waals surface area (Å²) in [5.41, 5.74) is -0.178. The van der Waals surface area contributed by atoms with Crippen molar-refractivity contribution in [2.45, 2.75) is 11.8 Å². The van der Waals surface area contributed by atoms with E-state index in [1.807, 2.05) is 6.07 Å². The summed E-state index contributed by atoms with van der Waals surface area (Å²) in [5.74, 6) is -2.46. The highest BCUT2D eigenvalue weighted by Gasteiger charge is 2.53. The van der Waals surface area contributed by atoms with Crippen molar-refractivity contribution in [3.63, 3.8) is 0 Å². The van der Waals surface area contributed by atoms with Crippen molar-refractivity contribution in [1.29, 1.82) is 5.26 Å². The molecule has 2 aliphatic heterocycles. The molecule has 100 valence electrons. The number of amides is 2. The number of carboxylic acids is 1. The molecule has 0 saturated carbocycles. The maximum Gasteiger partial charge on any atom is 0.353 e. The lowest BCUT2D eigenvalue weighted by Gasteiger charge is -2.48. The number of β-lactam (4-membered cyclic amide) rings is 1. The van der Waals surface area contributed by atoms with Crippen LogP contribution < -0.4 is 5.32 Å². The summed E-state index contributed by atoms with van der Waals surface area (Å²) in [5, 5.41) is 19.9. The topological polar surface area (TPSA) is 110 Å². The molecule has 0 aromatic carbocycles. The van der Waals surface area contributed by atoms with E-state index in [0.717, 1.165) is 4.90 Å². The number of rotatable bonds is 3. The molecule has 0 aromatic rings. The van der Waals surface area contributed by atoms with Gasteiger partial charge in [-0.15, -0.1) is 11.8 Å². The molecule has 7 nitrogen and oxygen atoms in total. The van der Waals surface area contributed by atoms with Gasteiger partial charge in [-0.05, 0) is 0 Å². The van der Waals surface area contributed by atoms with E-state index in [9.17, 15) is 19.5 Å². The standard InChI is InChI=1S/C11H11N3O4S/c1-13-8(15)6-4-19-10-5(2-3-12)9(16)14(10)7(6)11(17)18/h5,10H,2,4H2,1H3,(H,13,15)(H,17,18)/t5?,10-/m0/s1. The molecule has 0 bridgehead atoms. The number of likely N-dealkylation sites (N-methyl/N-ethyl adjacent to an activating group) is 1. The summed E-state index contributed by atoms with van der Waals surface area (Å²) in [6.45, 7) is 0. The highest BCUT2D eigenvalue weighted by Crippen LogP contribution is 2.44. The smallest absolute Gasteiger partial charge is 0.353 e. The lowest BCUT2D eigenvalue weighted by atomic mass is 9.93. The highest BCUT2D eigenvalue weighted by atomic mass is 32.2. The van der Waals surface area contributed by atoms with Gasteiger partial charge in [-0.2, -0.15) is 5.26 Å². The van der Waals surface area contributed by atoms with E-state index in [1.165, 1.54) is 18.8 Å². The Kier molecular flexibility index (Phi) is 3.48. The van der Waals surface area contributed by atoms with Crippen molar-refractivity contribution in [3.05, 3.63) is 11.3 Å². The van der Waals surface area contributed by atoms with Crippen LogP contribution in [0.15, 0.2) is 11.3 Å². The van der Waals surface area contributed by atoms with Gasteiger partial charge in [0.2, 0.25) is 11.8 Å². The van der Waals surface area contributed by atoms with Crippen molar-refractivity contribution >= 4 is 29.5 Å². The Morgan fingerprint density at radius 3 is 2.84 bits per heavy atom. The molecule has 8 heteroatoms. The monoisotopic (exact) mass is 281 g/mol. The Balaban J connectivity index is 2.37. The van der Waals surface area contributed by atoms with Gasteiger partial charge in [0, 0.05) is 19.2 Å². The number of carboxylic acid groups (broad SMARTS) is 1. The number of hydrogen-bond donors (Lipinski definition) is 2. The molecule has 2 amide bonds. The summed E-state index contributed by atoms with van der Waals surface area (Å²) in [7, 11) is 1.40. The second-order valence-corrected chi connectivity index (χ2v) is 5.19. The number of nitriles is 1. The molecule has 0 radical (unpaired) electrons. The van der Waals surface area contributed by atoms with E-state index in [1.54, 1.807) is 0 Å². The molecule has 1 fully saturated rings. The molecule has 0 spiro atoms. The zero-order valence-corrected chi connectivity index (χ0v) is 10.9. The molecule has 2 heterocycles. The second kappa shape index (κ2) is 4.93. The number of carbonyl (C=O) groups excluding carboxylic acids is 2. The van der Waals surface area contributed by atoms with Crippen LogP contribution in [-0.2, 0) is 14.4 Å². The fraction of sp³-hybridized carbons (Fsp3) is 0.455. The summed E-state index contributed by atoms with van der Waals surface area (Å²) < 4.78 is 0. The van der Waals surface area contributed by atoms with Crippen LogP contribution in [0.4, 0.5) is 0 Å². The van der Waals surface area contributed by atoms with Crippen LogP contribution in [0.1, 0.15) is 6.42 Å². The quantitative estimate of drug-likeness (QED) is 0.676. The lowest BCUT2D eigenvalue weighted by Crippen LogP contribution is -2.61. The fourth-order valence-electron chi connectivity index (χ4n) is 2.18. The van der Waals surface area contributed by atoms with E-state index in [0.29, 0.717) is 0 Å². The summed E-state index contributed by atoms with van der Waals surface area (Å²) in [6, 6.07) is 1.92. The Morgan fingerprint density at radius 2 is 2.32 bits per heavy atom. The third-order valence-corrected chi connectivity index (χ3v) is 4.43. The maximum atomic E-state index is 11.9. The fourth-order valence-corrected chi connectivity index (χ4v) is 3.59. The predicted molar refractivity (Wildman–Crippen MR) is 65.5 cm³/mol. The highest BCUT2D eigenvalue weighted by molar-refractivity contribution is 8.00. The molecular weight excluding hydrogens is 270 g/mol. The van der Waals surface area contributed by atoms with Crippen molar-refractivity contribution < 1.29 is 19.5 Å². The Morgan fingerprint density at radius 1 is 1.63 bits per heavy atom. The minimum absolute atomic E-state index is 0.0647. The van der Waals surface area contributed by atoms with Gasteiger partial charge >= 0.3 is 5.97 Å². The number of aliphatic carboxylic acids is 1. The Bertz CT molecular complexity index is 537. The number of thioether (sulfide) groups is 1. The molecule has 2 N–H and O–H groups in total. The first kappa shape index (κ1) is 13.4. The molecule has 0 aliphatic carbocycles. The average Bonchev–Trinajstić information content (AvgIpc) is 2.41. The third-order valence-electron chi connectivity index (χ3n) is 3.09. The van der Waals surface area contributed by atoms with E-state index >= 15 is 0 Å². The molecule has 2 rings (SSSR count). The van der Waals surface area contributed by atoms with Gasteiger partial charge < -0.3 is 10.4 Å². The Labute approximate surface area is 113 Å². The van der Waals surface area contributed by atoms with Crippen molar-refractivity contribution in [2.24, 2.45) is 5.92 Å². The van der Waals surface area contributed by atoms with Crippen LogP contribution in [0.25, 0.3) is 0 Å². The predicted octanol–water partition coefficient (Wildman–Crippen LogP) is -0.484. The van der Waals surface area contributed by atoms with Crippen LogP contribution >= 0.6 is 11.8 Å². The van der Waals surface area contributed by atoms with Crippen molar-refractivity contribution in [3.8, 4) is 6.07 Å². The molecule has 1 saturated heterocycles. The molecular formula is C11H11N3O4S. The van der Waals surface area contributed by atoms with Gasteiger partial charge in [0.25, 0.3) is 0 Å². The normalized spacial score (nSPS) is 25.3. The van der Waals surface area contributed by atoms with E-state index in [4.69, 9.17) is 5.26 Å². The van der Waals surface area contributed by atoms with Crippen molar-refractivity contribution in [1.82, 2.24) is 10.2 Å². The zero-order valence-electron chi connectivity index (χ0n) is 10.0. The molecule has 0 aromatic heterocycles. The van der Waals surface area contributed by atoms with Gasteiger partial charge in [-0.3, -0.25) is 14.5 Å². The third kappa shape index (κ3) is 1.96. The Hall–Kier alpha value is -2.01. The second-order valence-electron chi connectivity index (χ2n) is 4.09. The molecule has 1 unspecified atom stereocenters. The number of carbonyl (C=O) groups is 3. The van der Waals surface area contributed by atoms with E-state index in [2.05, 4.69) is 5.32 Å². The van der Waals surface area contributed by atoms with Gasteiger partial charge in [-0.25, -0.2) is 4.79 Å². The summed E-state index contributed by atoms with van der Waals surface area (Å²) in [4.78, 5) is 35.9. The average molecular weight is 281 g/mol. The molecule has 2 aliphatic rings. The number of nitrogens with one attached hydrogen (secondary N) is 1. The van der Waals surface area contributed by atoms with Crippen LogP contribution in [0.3, 0.4) is 0 Å². The number of nitrogens with zero attached hydrogens (tertiary/aromatic N) is 2. The minimum atomic E-state index is -1.30. The zero-order chi connectivity index (χ0) is 14.2. The van der Waals surface area contributed by atoms with Crippen molar-refractivity contribution in [2.75, 3.05) is 12.8 Å². The number of hydrogen-bond acceptors (Lipinski definition) is 5. The number of fused-ring (bicyclic) bond motifs is 1. The van der Waals surface area contributed by atoms with Crippen LogP contribution in [0, 0.1) is 17.2 Å². The summed E-state index contributed by atoms with van der Waals surface area (Å²) in [6.07, 6.45) is 0.0647. The first-order valence-electron chi connectivity index (χ1n) is 5.53. The van der Waals surface area contributed by atoms with Gasteiger partial charge in [0.1, 0.15) is 5.70 Å². The first-order valence-corrected chi connectivity index (χ1v) is 6.58.